The molecule has 1 saturated carbocycles. The van der Waals surface area contributed by atoms with Crippen LogP contribution in [0.3, 0.4) is 0 Å². The second-order valence-electron chi connectivity index (χ2n) is 6.56. The molecule has 1 aliphatic carbocycles. The standard InChI is InChI=1S/C15H25N3O2S/c1-15(2,3)18-8-7-16-14(18)21-10-13(20)17-12(6-9-19)11-4-5-11/h7-8,11-12,19H,4-6,9-10H2,1-3H3,(H,17,20). The molecule has 1 aromatic rings. The Hall–Kier alpha value is -1.01. The van der Waals surface area contributed by atoms with Crippen molar-refractivity contribution in [1.29, 1.82) is 0 Å². The average Bonchev–Trinajstić information content (AvgIpc) is 3.12. The van der Waals surface area contributed by atoms with Crippen LogP contribution in [0.2, 0.25) is 0 Å². The molecule has 0 aliphatic heterocycles. The quantitative estimate of drug-likeness (QED) is 0.756. The molecular formula is C15H25N3O2S. The number of carbonyl (C=O) groups excluding carboxylic acids is 1. The number of carbonyl (C=O) groups is 1. The van der Waals surface area contributed by atoms with E-state index in [2.05, 4.69) is 35.6 Å². The van der Waals surface area contributed by atoms with Crippen LogP contribution in [0.1, 0.15) is 40.0 Å². The van der Waals surface area contributed by atoms with E-state index in [-0.39, 0.29) is 24.1 Å². The van der Waals surface area contributed by atoms with Gasteiger partial charge in [-0.05, 0) is 46.0 Å². The molecule has 1 heterocycles. The molecule has 0 aromatic carbocycles. The average molecular weight is 311 g/mol. The summed E-state index contributed by atoms with van der Waals surface area (Å²) in [6, 6.07) is 0.130. The number of nitrogens with zero attached hydrogens (tertiary/aromatic N) is 2. The van der Waals surface area contributed by atoms with Crippen molar-refractivity contribution >= 4 is 17.7 Å². The molecule has 0 saturated heterocycles. The molecule has 1 atom stereocenters. The van der Waals surface area contributed by atoms with Gasteiger partial charge in [-0.25, -0.2) is 4.98 Å². The summed E-state index contributed by atoms with van der Waals surface area (Å²) in [4.78, 5) is 16.4. The van der Waals surface area contributed by atoms with Crippen molar-refractivity contribution in [3.63, 3.8) is 0 Å². The SMILES string of the molecule is CC(C)(C)n1ccnc1SCC(=O)NC(CCO)C1CC1. The Morgan fingerprint density at radius 1 is 1.57 bits per heavy atom. The number of aromatic nitrogens is 2. The van der Waals surface area contributed by atoms with Crippen molar-refractivity contribution in [3.8, 4) is 0 Å². The van der Waals surface area contributed by atoms with E-state index in [4.69, 9.17) is 5.11 Å². The van der Waals surface area contributed by atoms with Crippen molar-refractivity contribution < 1.29 is 9.90 Å². The lowest BCUT2D eigenvalue weighted by Crippen LogP contribution is -2.38. The molecule has 0 radical (unpaired) electrons. The van der Waals surface area contributed by atoms with E-state index in [0.29, 0.717) is 18.1 Å². The topological polar surface area (TPSA) is 67.2 Å². The number of nitrogens with one attached hydrogen (secondary N) is 1. The van der Waals surface area contributed by atoms with Crippen molar-refractivity contribution in [2.24, 2.45) is 5.92 Å². The fraction of sp³-hybridized carbons (Fsp3) is 0.733. The number of rotatable bonds is 7. The first kappa shape index (κ1) is 16.4. The summed E-state index contributed by atoms with van der Waals surface area (Å²) in [5.41, 5.74) is -0.0389. The fourth-order valence-electron chi connectivity index (χ4n) is 2.35. The molecule has 1 unspecified atom stereocenters. The summed E-state index contributed by atoms with van der Waals surface area (Å²) < 4.78 is 2.08. The molecule has 0 spiro atoms. The number of hydrogen-bond donors (Lipinski definition) is 2. The number of thioether (sulfide) groups is 1. The monoisotopic (exact) mass is 311 g/mol. The van der Waals surface area contributed by atoms with Gasteiger partial charge < -0.3 is 15.0 Å². The van der Waals surface area contributed by atoms with E-state index in [1.807, 2.05) is 6.20 Å². The lowest BCUT2D eigenvalue weighted by Gasteiger charge is -2.23. The number of amides is 1. The van der Waals surface area contributed by atoms with Gasteiger partial charge in [0.05, 0.1) is 5.75 Å². The van der Waals surface area contributed by atoms with Gasteiger partial charge in [-0.1, -0.05) is 11.8 Å². The molecule has 1 aromatic heterocycles. The Bertz CT molecular complexity index is 478. The van der Waals surface area contributed by atoms with Gasteiger partial charge in [-0.15, -0.1) is 0 Å². The van der Waals surface area contributed by atoms with Crippen LogP contribution in [0, 0.1) is 5.92 Å². The molecule has 118 valence electrons. The van der Waals surface area contributed by atoms with Crippen LogP contribution in [0.15, 0.2) is 17.6 Å². The smallest absolute Gasteiger partial charge is 0.230 e. The van der Waals surface area contributed by atoms with Crippen LogP contribution < -0.4 is 5.32 Å². The van der Waals surface area contributed by atoms with Crippen LogP contribution in [0.25, 0.3) is 0 Å². The second kappa shape index (κ2) is 6.83. The molecule has 1 fully saturated rings. The van der Waals surface area contributed by atoms with Crippen LogP contribution in [0.4, 0.5) is 0 Å². The number of imidazole rings is 1. The highest BCUT2D eigenvalue weighted by atomic mass is 32.2. The van der Waals surface area contributed by atoms with Crippen molar-refractivity contribution in [2.45, 2.75) is 56.8 Å². The first-order valence-electron chi connectivity index (χ1n) is 7.48. The highest BCUT2D eigenvalue weighted by Gasteiger charge is 2.31. The maximum absolute atomic E-state index is 12.1. The van der Waals surface area contributed by atoms with Crippen molar-refractivity contribution in [1.82, 2.24) is 14.9 Å². The van der Waals surface area contributed by atoms with Gasteiger partial charge in [0.25, 0.3) is 0 Å². The highest BCUT2D eigenvalue weighted by Crippen LogP contribution is 2.34. The van der Waals surface area contributed by atoms with Crippen LogP contribution in [0.5, 0.6) is 0 Å². The Labute approximate surface area is 130 Å². The predicted molar refractivity (Wildman–Crippen MR) is 84.3 cm³/mol. The lowest BCUT2D eigenvalue weighted by molar-refractivity contribution is -0.119. The van der Waals surface area contributed by atoms with Crippen LogP contribution in [-0.2, 0) is 10.3 Å². The van der Waals surface area contributed by atoms with Crippen LogP contribution in [-0.4, -0.2) is 39.0 Å². The molecule has 5 nitrogen and oxygen atoms in total. The molecule has 1 amide bonds. The van der Waals surface area contributed by atoms with E-state index in [9.17, 15) is 4.79 Å². The van der Waals surface area contributed by atoms with Crippen molar-refractivity contribution in [3.05, 3.63) is 12.4 Å². The zero-order valence-electron chi connectivity index (χ0n) is 13.0. The minimum absolute atomic E-state index is 0.0220. The van der Waals surface area contributed by atoms with Gasteiger partial charge >= 0.3 is 0 Å². The summed E-state index contributed by atoms with van der Waals surface area (Å²) in [6.45, 7) is 6.47. The largest absolute Gasteiger partial charge is 0.396 e. The Balaban J connectivity index is 1.85. The summed E-state index contributed by atoms with van der Waals surface area (Å²) in [5.74, 6) is 0.943. The maximum atomic E-state index is 12.1. The summed E-state index contributed by atoms with van der Waals surface area (Å²) >= 11 is 1.46. The third kappa shape index (κ3) is 4.74. The highest BCUT2D eigenvalue weighted by molar-refractivity contribution is 7.99. The summed E-state index contributed by atoms with van der Waals surface area (Å²) in [7, 11) is 0. The maximum Gasteiger partial charge on any atom is 0.230 e. The Kier molecular flexibility index (Phi) is 5.32. The normalized spacial score (nSPS) is 16.8. The van der Waals surface area contributed by atoms with Gasteiger partial charge in [-0.3, -0.25) is 4.79 Å². The first-order valence-corrected chi connectivity index (χ1v) is 8.47. The van der Waals surface area contributed by atoms with E-state index < -0.39 is 0 Å². The molecular weight excluding hydrogens is 286 g/mol. The molecule has 21 heavy (non-hydrogen) atoms. The number of aliphatic hydroxyl groups excluding tert-OH is 1. The third-order valence-corrected chi connectivity index (χ3v) is 4.61. The van der Waals surface area contributed by atoms with E-state index in [1.165, 1.54) is 11.8 Å². The third-order valence-electron chi connectivity index (χ3n) is 3.64. The molecule has 2 rings (SSSR count). The minimum atomic E-state index is -0.0389. The molecule has 6 heteroatoms. The van der Waals surface area contributed by atoms with E-state index in [0.717, 1.165) is 18.0 Å². The van der Waals surface area contributed by atoms with Gasteiger partial charge in [0.2, 0.25) is 5.91 Å². The number of aliphatic hydroxyl groups is 1. The zero-order valence-corrected chi connectivity index (χ0v) is 13.8. The zero-order chi connectivity index (χ0) is 15.5. The van der Waals surface area contributed by atoms with Gasteiger partial charge in [0.15, 0.2) is 5.16 Å². The predicted octanol–water partition coefficient (Wildman–Crippen LogP) is 2.01. The van der Waals surface area contributed by atoms with Gasteiger partial charge in [0, 0.05) is 30.6 Å². The van der Waals surface area contributed by atoms with Crippen LogP contribution >= 0.6 is 11.8 Å². The second-order valence-corrected chi connectivity index (χ2v) is 7.51. The number of hydrogen-bond acceptors (Lipinski definition) is 4. The van der Waals surface area contributed by atoms with Crippen molar-refractivity contribution in [2.75, 3.05) is 12.4 Å². The molecule has 2 N–H and O–H groups in total. The van der Waals surface area contributed by atoms with E-state index in [1.54, 1.807) is 6.20 Å². The molecule has 0 bridgehead atoms. The fourth-order valence-corrected chi connectivity index (χ4v) is 3.30. The Morgan fingerprint density at radius 3 is 2.86 bits per heavy atom. The summed E-state index contributed by atoms with van der Waals surface area (Å²) in [5, 5.41) is 13.0. The summed E-state index contributed by atoms with van der Waals surface area (Å²) in [6.07, 6.45) is 6.68. The lowest BCUT2D eigenvalue weighted by atomic mass is 10.1. The first-order chi connectivity index (χ1) is 9.91. The van der Waals surface area contributed by atoms with E-state index >= 15 is 0 Å². The van der Waals surface area contributed by atoms with Gasteiger partial charge in [0.1, 0.15) is 0 Å². The Morgan fingerprint density at radius 2 is 2.29 bits per heavy atom. The van der Waals surface area contributed by atoms with Gasteiger partial charge in [-0.2, -0.15) is 0 Å². The minimum Gasteiger partial charge on any atom is -0.396 e. The molecule has 1 aliphatic rings.